The van der Waals surface area contributed by atoms with Crippen molar-refractivity contribution >= 4 is 28.3 Å². The van der Waals surface area contributed by atoms with Crippen molar-refractivity contribution in [3.63, 3.8) is 0 Å². The Morgan fingerprint density at radius 3 is 2.90 bits per heavy atom. The van der Waals surface area contributed by atoms with Crippen molar-refractivity contribution in [2.24, 2.45) is 0 Å². The van der Waals surface area contributed by atoms with Gasteiger partial charge in [0.1, 0.15) is 0 Å². The van der Waals surface area contributed by atoms with Crippen LogP contribution in [-0.4, -0.2) is 43.3 Å². The molecule has 4 nitrogen and oxygen atoms in total. The van der Waals surface area contributed by atoms with Gasteiger partial charge in [0.2, 0.25) is 0 Å². The average molecular weight is 366 g/mol. The number of likely N-dealkylation sites (N-methyl/N-ethyl adjacent to an activating group) is 1. The average Bonchev–Trinajstić information content (AvgIpc) is 2.42. The second kappa shape index (κ2) is 8.08. The number of phenols is 1. The number of nitrogens with one attached hydrogen (secondary N) is 1. The lowest BCUT2D eigenvalue weighted by atomic mass is 10.0. The van der Waals surface area contributed by atoms with Crippen LogP contribution in [0.4, 0.5) is 0 Å². The van der Waals surface area contributed by atoms with Gasteiger partial charge in [-0.05, 0) is 44.1 Å². The van der Waals surface area contributed by atoms with Crippen molar-refractivity contribution in [2.75, 3.05) is 27.2 Å². The molecule has 2 N–H and O–H groups in total. The third-order valence-corrected chi connectivity index (χ3v) is 4.39. The van der Waals surface area contributed by atoms with E-state index in [0.29, 0.717) is 11.8 Å². The second-order valence-corrected chi connectivity index (χ2v) is 5.83. The van der Waals surface area contributed by atoms with E-state index in [2.05, 4.69) is 26.1 Å². The lowest BCUT2D eigenvalue weighted by molar-refractivity contribution is 0.187. The number of methoxy groups -OCH3 is 1. The molecule has 0 aliphatic carbocycles. The normalized spacial score (nSPS) is 19.4. The first-order valence-corrected chi connectivity index (χ1v) is 7.38. The fourth-order valence-corrected chi connectivity index (χ4v) is 2.99. The zero-order chi connectivity index (χ0) is 13.8. The molecule has 1 aromatic rings. The van der Waals surface area contributed by atoms with E-state index in [4.69, 9.17) is 4.74 Å². The molecule has 1 fully saturated rings. The minimum atomic E-state index is 0. The van der Waals surface area contributed by atoms with Gasteiger partial charge in [0.25, 0.3) is 0 Å². The van der Waals surface area contributed by atoms with Crippen molar-refractivity contribution in [3.8, 4) is 11.5 Å². The molecule has 0 bridgehead atoms. The lowest BCUT2D eigenvalue weighted by Gasteiger charge is -2.32. The summed E-state index contributed by atoms with van der Waals surface area (Å²) in [6.45, 7) is 3.00. The first-order chi connectivity index (χ1) is 9.13. The van der Waals surface area contributed by atoms with Gasteiger partial charge in [-0.15, -0.1) is 12.4 Å². The van der Waals surface area contributed by atoms with Crippen molar-refractivity contribution in [2.45, 2.75) is 25.4 Å². The summed E-state index contributed by atoms with van der Waals surface area (Å²) in [5.41, 5.74) is 1.09. The molecule has 1 saturated heterocycles. The summed E-state index contributed by atoms with van der Waals surface area (Å²) in [4.78, 5) is 2.41. The summed E-state index contributed by atoms with van der Waals surface area (Å²) < 4.78 is 6.08. The van der Waals surface area contributed by atoms with Gasteiger partial charge < -0.3 is 15.2 Å². The predicted octanol–water partition coefficient (Wildman–Crippen LogP) is 2.77. The maximum Gasteiger partial charge on any atom is 0.161 e. The maximum absolute atomic E-state index is 9.87. The Morgan fingerprint density at radius 2 is 2.25 bits per heavy atom. The molecule has 2 rings (SSSR count). The van der Waals surface area contributed by atoms with Gasteiger partial charge in [-0.25, -0.2) is 0 Å². The SMILES string of the molecule is CNC1CCCN(Cc2cc(O)c(OC)cc2Br)C1.Cl. The van der Waals surface area contributed by atoms with Crippen LogP contribution < -0.4 is 10.1 Å². The first-order valence-electron chi connectivity index (χ1n) is 6.59. The van der Waals surface area contributed by atoms with Crippen LogP contribution in [0, 0.1) is 0 Å². The Hall–Kier alpha value is -0.490. The summed E-state index contributed by atoms with van der Waals surface area (Å²) in [5.74, 6) is 0.699. The number of ether oxygens (including phenoxy) is 1. The second-order valence-electron chi connectivity index (χ2n) is 4.98. The van der Waals surface area contributed by atoms with Crippen LogP contribution in [0.15, 0.2) is 16.6 Å². The molecule has 1 heterocycles. The lowest BCUT2D eigenvalue weighted by Crippen LogP contribution is -2.43. The van der Waals surface area contributed by atoms with Crippen molar-refractivity contribution in [3.05, 3.63) is 22.2 Å². The monoisotopic (exact) mass is 364 g/mol. The van der Waals surface area contributed by atoms with E-state index >= 15 is 0 Å². The Bertz CT molecular complexity index is 445. The van der Waals surface area contributed by atoms with E-state index in [1.54, 1.807) is 13.2 Å². The fraction of sp³-hybridized carbons (Fsp3) is 0.571. The molecule has 1 aliphatic rings. The molecule has 0 aromatic heterocycles. The van der Waals surface area contributed by atoms with Crippen LogP contribution in [0.1, 0.15) is 18.4 Å². The van der Waals surface area contributed by atoms with Gasteiger partial charge in [0, 0.05) is 23.6 Å². The van der Waals surface area contributed by atoms with Gasteiger partial charge in [-0.2, -0.15) is 0 Å². The van der Waals surface area contributed by atoms with Crippen LogP contribution in [0.25, 0.3) is 0 Å². The van der Waals surface area contributed by atoms with Crippen LogP contribution in [0.3, 0.4) is 0 Å². The molecule has 114 valence electrons. The van der Waals surface area contributed by atoms with Crippen LogP contribution in [0.2, 0.25) is 0 Å². The summed E-state index contributed by atoms with van der Waals surface area (Å²) >= 11 is 3.55. The van der Waals surface area contributed by atoms with Crippen molar-refractivity contribution in [1.82, 2.24) is 10.2 Å². The van der Waals surface area contributed by atoms with Gasteiger partial charge in [0.15, 0.2) is 11.5 Å². The number of hydrogen-bond acceptors (Lipinski definition) is 4. The molecule has 0 amide bonds. The molecule has 6 heteroatoms. The fourth-order valence-electron chi connectivity index (χ4n) is 2.55. The molecule has 0 radical (unpaired) electrons. The number of hydrogen-bond donors (Lipinski definition) is 2. The number of rotatable bonds is 4. The highest BCUT2D eigenvalue weighted by atomic mass is 79.9. The Balaban J connectivity index is 0.00000200. The van der Waals surface area contributed by atoms with Gasteiger partial charge >= 0.3 is 0 Å². The number of likely N-dealkylation sites (tertiary alicyclic amines) is 1. The molecule has 0 saturated carbocycles. The number of halogens is 2. The molecule has 1 atom stereocenters. The van der Waals surface area contributed by atoms with Gasteiger partial charge in [0.05, 0.1) is 7.11 Å². The zero-order valence-corrected chi connectivity index (χ0v) is 14.3. The topological polar surface area (TPSA) is 44.7 Å². The van der Waals surface area contributed by atoms with E-state index < -0.39 is 0 Å². The Kier molecular flexibility index (Phi) is 7.09. The Morgan fingerprint density at radius 1 is 1.50 bits per heavy atom. The van der Waals surface area contributed by atoms with Crippen molar-refractivity contribution in [1.29, 1.82) is 0 Å². The quantitative estimate of drug-likeness (QED) is 0.861. The third kappa shape index (κ3) is 4.25. The largest absolute Gasteiger partial charge is 0.504 e. The third-order valence-electron chi connectivity index (χ3n) is 3.66. The van der Waals surface area contributed by atoms with Crippen LogP contribution >= 0.6 is 28.3 Å². The van der Waals surface area contributed by atoms with E-state index in [-0.39, 0.29) is 18.2 Å². The number of piperidine rings is 1. The van der Waals surface area contributed by atoms with E-state index in [9.17, 15) is 5.11 Å². The number of aromatic hydroxyl groups is 1. The van der Waals surface area contributed by atoms with Crippen LogP contribution in [-0.2, 0) is 6.54 Å². The van der Waals surface area contributed by atoms with E-state index in [0.717, 1.165) is 29.7 Å². The smallest absolute Gasteiger partial charge is 0.161 e. The standard InChI is InChI=1S/C14H21BrN2O2.ClH/c1-16-11-4-3-5-17(9-11)8-10-6-13(18)14(19-2)7-12(10)15;/h6-7,11,16,18H,3-5,8-9H2,1-2H3;1H. The van der Waals surface area contributed by atoms with Gasteiger partial charge in [-0.1, -0.05) is 15.9 Å². The molecule has 1 unspecified atom stereocenters. The summed E-state index contributed by atoms with van der Waals surface area (Å²) in [7, 11) is 3.58. The molecule has 0 spiro atoms. The first kappa shape index (κ1) is 17.6. The summed E-state index contributed by atoms with van der Waals surface area (Å²) in [6, 6.07) is 4.18. The molecular formula is C14H22BrClN2O2. The predicted molar refractivity (Wildman–Crippen MR) is 87.0 cm³/mol. The highest BCUT2D eigenvalue weighted by Gasteiger charge is 2.19. The molecule has 20 heavy (non-hydrogen) atoms. The molecule has 1 aromatic carbocycles. The minimum Gasteiger partial charge on any atom is -0.504 e. The van der Waals surface area contributed by atoms with E-state index in [1.165, 1.54) is 12.8 Å². The van der Waals surface area contributed by atoms with Gasteiger partial charge in [-0.3, -0.25) is 4.90 Å². The molecular weight excluding hydrogens is 344 g/mol. The summed E-state index contributed by atoms with van der Waals surface area (Å²) in [5, 5.41) is 13.2. The Labute approximate surface area is 135 Å². The number of nitrogens with zero attached hydrogens (tertiary/aromatic N) is 1. The highest BCUT2D eigenvalue weighted by Crippen LogP contribution is 2.33. The van der Waals surface area contributed by atoms with E-state index in [1.807, 2.05) is 13.1 Å². The zero-order valence-electron chi connectivity index (χ0n) is 11.9. The number of phenolic OH excluding ortho intramolecular Hbond substituents is 1. The van der Waals surface area contributed by atoms with Crippen molar-refractivity contribution < 1.29 is 9.84 Å². The minimum absolute atomic E-state index is 0. The highest BCUT2D eigenvalue weighted by molar-refractivity contribution is 9.10. The van der Waals surface area contributed by atoms with Crippen LogP contribution in [0.5, 0.6) is 11.5 Å². The maximum atomic E-state index is 9.87. The summed E-state index contributed by atoms with van der Waals surface area (Å²) in [6.07, 6.45) is 2.45. The molecule has 1 aliphatic heterocycles. The number of benzene rings is 1.